The van der Waals surface area contributed by atoms with Crippen LogP contribution < -0.4 is 27.0 Å². The summed E-state index contributed by atoms with van der Waals surface area (Å²) in [6.45, 7) is -3.72. The highest BCUT2D eigenvalue weighted by Crippen LogP contribution is 2.17. The number of anilines is 2. The summed E-state index contributed by atoms with van der Waals surface area (Å²) in [5.41, 5.74) is 2.49. The number of carbonyl (C=O) groups is 2. The van der Waals surface area contributed by atoms with Gasteiger partial charge in [0.1, 0.15) is 11.4 Å². The van der Waals surface area contributed by atoms with Gasteiger partial charge < -0.3 is 20.5 Å². The number of benzene rings is 1. The van der Waals surface area contributed by atoms with Crippen molar-refractivity contribution in [2.75, 3.05) is 17.7 Å². The number of nitrogens with two attached hydrogens (primary N) is 1. The van der Waals surface area contributed by atoms with Crippen LogP contribution in [0.3, 0.4) is 0 Å². The lowest BCUT2D eigenvalue weighted by atomic mass is 10.3. The van der Waals surface area contributed by atoms with Crippen molar-refractivity contribution in [3.8, 4) is 5.75 Å². The van der Waals surface area contributed by atoms with Crippen molar-refractivity contribution in [1.29, 1.82) is 0 Å². The summed E-state index contributed by atoms with van der Waals surface area (Å²) in [6, 6.07) is 5.00. The van der Waals surface area contributed by atoms with Gasteiger partial charge >= 0.3 is 18.3 Å². The Kier molecular flexibility index (Phi) is 5.67. The Hall–Kier alpha value is -3.70. The van der Waals surface area contributed by atoms with Crippen LogP contribution in [-0.4, -0.2) is 35.1 Å². The summed E-state index contributed by atoms with van der Waals surface area (Å²) in [4.78, 5) is 49.7. The fraction of sp³-hybridized carbons (Fsp3) is 0.143. The van der Waals surface area contributed by atoms with Crippen LogP contribution >= 0.6 is 0 Å². The molecule has 0 saturated heterocycles. The summed E-state index contributed by atoms with van der Waals surface area (Å²) in [7, 11) is 0. The number of ether oxygens (including phenoxy) is 2. The van der Waals surface area contributed by atoms with Crippen molar-refractivity contribution in [3.63, 3.8) is 0 Å². The van der Waals surface area contributed by atoms with Crippen LogP contribution in [0.15, 0.2) is 33.9 Å². The van der Waals surface area contributed by atoms with E-state index in [9.17, 15) is 28.0 Å². The average Bonchev–Trinajstić information content (AvgIpc) is 2.57. The molecule has 2 rings (SSSR count). The lowest BCUT2D eigenvalue weighted by molar-refractivity contribution is -0.119. The topological polar surface area (TPSA) is 156 Å². The third-order valence-electron chi connectivity index (χ3n) is 2.88. The Labute approximate surface area is 142 Å². The number of aromatic amines is 2. The molecule has 26 heavy (non-hydrogen) atoms. The zero-order chi connectivity index (χ0) is 19.3. The molecule has 0 unspecified atom stereocenters. The quantitative estimate of drug-likeness (QED) is 0.523. The van der Waals surface area contributed by atoms with Crippen molar-refractivity contribution in [1.82, 2.24) is 9.97 Å². The van der Waals surface area contributed by atoms with Gasteiger partial charge in [0, 0.05) is 5.69 Å². The average molecular weight is 370 g/mol. The molecule has 138 valence electrons. The molecule has 1 aromatic carbocycles. The number of rotatable bonds is 6. The van der Waals surface area contributed by atoms with Crippen molar-refractivity contribution >= 4 is 23.3 Å². The molecule has 0 aliphatic heterocycles. The van der Waals surface area contributed by atoms with E-state index < -0.39 is 47.7 Å². The summed E-state index contributed by atoms with van der Waals surface area (Å²) >= 11 is 0. The first kappa shape index (κ1) is 18.6. The maximum atomic E-state index is 12.0. The second-order valence-electron chi connectivity index (χ2n) is 4.72. The lowest BCUT2D eigenvalue weighted by Crippen LogP contribution is -2.30. The van der Waals surface area contributed by atoms with Crippen LogP contribution in [0.2, 0.25) is 0 Å². The van der Waals surface area contributed by atoms with Gasteiger partial charge in [0.15, 0.2) is 12.3 Å². The van der Waals surface area contributed by atoms with Gasteiger partial charge in [-0.2, -0.15) is 8.78 Å². The van der Waals surface area contributed by atoms with Crippen molar-refractivity contribution in [2.45, 2.75) is 6.61 Å². The SMILES string of the molecule is Nc1c(C(=O)OCC(=O)Nc2ccc(OC(F)F)cc2)[nH]c(=O)[nH]c1=O. The minimum absolute atomic E-state index is 0.0989. The largest absolute Gasteiger partial charge is 0.451 e. The van der Waals surface area contributed by atoms with Crippen LogP contribution in [0.1, 0.15) is 10.5 Å². The Bertz CT molecular complexity index is 922. The number of halogens is 2. The van der Waals surface area contributed by atoms with Crippen LogP contribution in [-0.2, 0) is 9.53 Å². The summed E-state index contributed by atoms with van der Waals surface area (Å²) in [5, 5.41) is 2.34. The normalized spacial score (nSPS) is 10.4. The first-order valence-corrected chi connectivity index (χ1v) is 6.90. The monoisotopic (exact) mass is 370 g/mol. The third kappa shape index (κ3) is 4.90. The third-order valence-corrected chi connectivity index (χ3v) is 2.88. The molecule has 1 aromatic heterocycles. The van der Waals surface area contributed by atoms with E-state index in [1.165, 1.54) is 24.3 Å². The van der Waals surface area contributed by atoms with Crippen LogP contribution in [0.4, 0.5) is 20.2 Å². The first-order valence-electron chi connectivity index (χ1n) is 6.90. The molecule has 0 spiro atoms. The highest BCUT2D eigenvalue weighted by atomic mass is 19.3. The van der Waals surface area contributed by atoms with Crippen molar-refractivity contribution in [3.05, 3.63) is 50.8 Å². The summed E-state index contributed by atoms with van der Waals surface area (Å²) in [6.07, 6.45) is 0. The molecular weight excluding hydrogens is 358 g/mol. The molecule has 5 N–H and O–H groups in total. The van der Waals surface area contributed by atoms with Crippen molar-refractivity contribution in [2.24, 2.45) is 0 Å². The van der Waals surface area contributed by atoms with E-state index in [1.807, 2.05) is 9.97 Å². The number of H-pyrrole nitrogens is 2. The molecule has 1 heterocycles. The molecular formula is C14H12F2N4O6. The van der Waals surface area contributed by atoms with Crippen LogP contribution in [0.5, 0.6) is 5.75 Å². The molecule has 0 saturated carbocycles. The van der Waals surface area contributed by atoms with E-state index in [0.29, 0.717) is 0 Å². The maximum absolute atomic E-state index is 12.0. The fourth-order valence-electron chi connectivity index (χ4n) is 1.78. The van der Waals surface area contributed by atoms with Gasteiger partial charge in [-0.05, 0) is 24.3 Å². The predicted molar refractivity (Wildman–Crippen MR) is 84.1 cm³/mol. The number of hydrogen-bond donors (Lipinski definition) is 4. The van der Waals surface area contributed by atoms with Gasteiger partial charge in [-0.1, -0.05) is 0 Å². The highest BCUT2D eigenvalue weighted by Gasteiger charge is 2.17. The number of alkyl halides is 2. The van der Waals surface area contributed by atoms with Gasteiger partial charge in [0.2, 0.25) is 0 Å². The summed E-state index contributed by atoms with van der Waals surface area (Å²) in [5.74, 6) is -2.04. The predicted octanol–water partition coefficient (Wildman–Crippen LogP) is 0.0423. The number of amides is 1. The Morgan fingerprint density at radius 2 is 1.81 bits per heavy atom. The number of carbonyl (C=O) groups excluding carboxylic acids is 2. The molecule has 10 nitrogen and oxygen atoms in total. The fourth-order valence-corrected chi connectivity index (χ4v) is 1.78. The molecule has 2 aromatic rings. The van der Waals surface area contributed by atoms with E-state index in [4.69, 9.17) is 5.73 Å². The number of nitrogens with one attached hydrogen (secondary N) is 3. The minimum Gasteiger partial charge on any atom is -0.451 e. The van der Waals surface area contributed by atoms with E-state index in [1.54, 1.807) is 0 Å². The van der Waals surface area contributed by atoms with Gasteiger partial charge in [0.25, 0.3) is 11.5 Å². The first-order chi connectivity index (χ1) is 12.3. The standard InChI is InChI=1S/C14H12F2N4O6/c15-13(16)26-7-3-1-6(2-4-7)18-8(21)5-25-12(23)10-9(17)11(22)20-14(24)19-10/h1-4,13H,5,17H2,(H,18,21)(H2,19,20,22,24). The van der Waals surface area contributed by atoms with E-state index in [2.05, 4.69) is 14.8 Å². The van der Waals surface area contributed by atoms with Crippen molar-refractivity contribution < 1.29 is 27.8 Å². The summed E-state index contributed by atoms with van der Waals surface area (Å²) < 4.78 is 32.9. The molecule has 0 bridgehead atoms. The zero-order valence-corrected chi connectivity index (χ0v) is 12.9. The number of aromatic nitrogens is 2. The van der Waals surface area contributed by atoms with E-state index in [0.717, 1.165) is 0 Å². The Morgan fingerprint density at radius 1 is 1.15 bits per heavy atom. The Balaban J connectivity index is 1.93. The van der Waals surface area contributed by atoms with Crippen LogP contribution in [0.25, 0.3) is 0 Å². The smallest absolute Gasteiger partial charge is 0.387 e. The highest BCUT2D eigenvalue weighted by molar-refractivity contribution is 5.96. The lowest BCUT2D eigenvalue weighted by Gasteiger charge is -2.08. The second kappa shape index (κ2) is 7.92. The van der Waals surface area contributed by atoms with Gasteiger partial charge in [-0.15, -0.1) is 0 Å². The van der Waals surface area contributed by atoms with Gasteiger partial charge in [-0.3, -0.25) is 19.6 Å². The number of hydrogen-bond acceptors (Lipinski definition) is 7. The molecule has 12 heteroatoms. The number of nitrogen functional groups attached to an aromatic ring is 1. The second-order valence-corrected chi connectivity index (χ2v) is 4.72. The van der Waals surface area contributed by atoms with Gasteiger partial charge in [0.05, 0.1) is 0 Å². The van der Waals surface area contributed by atoms with E-state index in [-0.39, 0.29) is 11.4 Å². The Morgan fingerprint density at radius 3 is 2.42 bits per heavy atom. The maximum Gasteiger partial charge on any atom is 0.387 e. The molecule has 0 fully saturated rings. The van der Waals surface area contributed by atoms with E-state index >= 15 is 0 Å². The molecule has 0 atom stereocenters. The number of esters is 1. The molecule has 0 aliphatic rings. The van der Waals surface area contributed by atoms with Crippen LogP contribution in [0, 0.1) is 0 Å². The zero-order valence-electron chi connectivity index (χ0n) is 12.9. The minimum atomic E-state index is -2.97. The molecule has 1 amide bonds. The molecule has 0 aliphatic carbocycles. The molecule has 0 radical (unpaired) electrons. The van der Waals surface area contributed by atoms with Gasteiger partial charge in [-0.25, -0.2) is 9.59 Å².